The molecular formula is C25H33N3O5S. The summed E-state index contributed by atoms with van der Waals surface area (Å²) in [4.78, 5) is 15.4. The van der Waals surface area contributed by atoms with Gasteiger partial charge in [-0.2, -0.15) is 4.31 Å². The van der Waals surface area contributed by atoms with E-state index in [9.17, 15) is 13.2 Å². The van der Waals surface area contributed by atoms with Crippen LogP contribution in [-0.2, 0) is 19.5 Å². The van der Waals surface area contributed by atoms with E-state index < -0.39 is 10.0 Å². The average Bonchev–Trinajstić information content (AvgIpc) is 2.88. The Labute approximate surface area is 201 Å². The van der Waals surface area contributed by atoms with Crippen molar-refractivity contribution in [3.8, 4) is 0 Å². The lowest BCUT2D eigenvalue weighted by Crippen LogP contribution is -2.43. The topological polar surface area (TPSA) is 88.2 Å². The third-order valence-electron chi connectivity index (χ3n) is 6.36. The smallest absolute Gasteiger partial charge is 0.243 e. The summed E-state index contributed by atoms with van der Waals surface area (Å²) in [5, 5.41) is 3.32. The molecule has 9 heteroatoms. The zero-order valence-corrected chi connectivity index (χ0v) is 20.4. The van der Waals surface area contributed by atoms with Crippen LogP contribution in [0.5, 0.6) is 0 Å². The minimum absolute atomic E-state index is 0.0695. The lowest BCUT2D eigenvalue weighted by molar-refractivity contribution is 0.0162. The Kier molecular flexibility index (Phi) is 8.46. The Morgan fingerprint density at radius 2 is 1.50 bits per heavy atom. The van der Waals surface area contributed by atoms with Gasteiger partial charge < -0.3 is 14.8 Å². The third kappa shape index (κ3) is 6.10. The van der Waals surface area contributed by atoms with Gasteiger partial charge in [0.25, 0.3) is 0 Å². The number of benzene rings is 2. The number of hydrogen-bond acceptors (Lipinski definition) is 7. The van der Waals surface area contributed by atoms with Gasteiger partial charge in [-0.1, -0.05) is 42.0 Å². The predicted molar refractivity (Wildman–Crippen MR) is 130 cm³/mol. The molecule has 2 aliphatic rings. The van der Waals surface area contributed by atoms with Crippen LogP contribution in [0.2, 0.25) is 0 Å². The van der Waals surface area contributed by atoms with Crippen LogP contribution in [0.1, 0.15) is 27.5 Å². The first-order chi connectivity index (χ1) is 16.4. The number of carbonyl (C=O) groups excluding carboxylic acids is 1. The summed E-state index contributed by atoms with van der Waals surface area (Å²) < 4.78 is 37.7. The van der Waals surface area contributed by atoms with Gasteiger partial charge in [-0.15, -0.1) is 0 Å². The Balaban J connectivity index is 1.36. The van der Waals surface area contributed by atoms with Crippen molar-refractivity contribution in [3.63, 3.8) is 0 Å². The highest BCUT2D eigenvalue weighted by atomic mass is 32.2. The van der Waals surface area contributed by atoms with Crippen LogP contribution in [0.15, 0.2) is 53.4 Å². The second-order valence-electron chi connectivity index (χ2n) is 8.67. The van der Waals surface area contributed by atoms with Gasteiger partial charge in [-0.05, 0) is 24.6 Å². The van der Waals surface area contributed by atoms with Crippen LogP contribution in [-0.4, -0.2) is 89.1 Å². The number of nitrogens with one attached hydrogen (secondary N) is 1. The van der Waals surface area contributed by atoms with Gasteiger partial charge in [0.05, 0.1) is 37.9 Å². The maximum atomic E-state index is 12.8. The standard InChI is InChI=1S/C25H33N3O5S/c1-20-2-4-21(5-3-20)24(27-10-14-32-15-11-27)18-26-19-25(29)22-6-8-23(9-7-22)34(30,31)28-12-16-33-17-13-28/h2-9,24,26H,10-19H2,1H3. The van der Waals surface area contributed by atoms with Crippen LogP contribution in [0, 0.1) is 6.92 Å². The molecule has 0 radical (unpaired) electrons. The Hall–Kier alpha value is -2.14. The molecule has 2 aromatic rings. The SMILES string of the molecule is Cc1ccc(C(CNCC(=O)c2ccc(S(=O)(=O)N3CCOCC3)cc2)N2CCOCC2)cc1. The molecule has 8 nitrogen and oxygen atoms in total. The highest BCUT2D eigenvalue weighted by molar-refractivity contribution is 7.89. The molecule has 2 aromatic carbocycles. The summed E-state index contributed by atoms with van der Waals surface area (Å²) in [5.41, 5.74) is 2.92. The first-order valence-electron chi connectivity index (χ1n) is 11.8. The van der Waals surface area contributed by atoms with E-state index in [-0.39, 0.29) is 23.3 Å². The maximum absolute atomic E-state index is 12.8. The molecule has 4 rings (SSSR count). The first-order valence-corrected chi connectivity index (χ1v) is 13.2. The molecular weight excluding hydrogens is 454 g/mol. The van der Waals surface area contributed by atoms with Crippen LogP contribution < -0.4 is 5.32 Å². The minimum atomic E-state index is -3.57. The molecule has 0 spiro atoms. The fourth-order valence-electron chi connectivity index (χ4n) is 4.31. The molecule has 0 aromatic heterocycles. The molecule has 2 aliphatic heterocycles. The van der Waals surface area contributed by atoms with Crippen LogP contribution in [0.4, 0.5) is 0 Å². The largest absolute Gasteiger partial charge is 0.379 e. The number of nitrogens with zero attached hydrogens (tertiary/aromatic N) is 2. The summed E-state index contributed by atoms with van der Waals surface area (Å²) in [7, 11) is -3.57. The van der Waals surface area contributed by atoms with Crippen molar-refractivity contribution in [2.45, 2.75) is 17.9 Å². The van der Waals surface area contributed by atoms with Crippen molar-refractivity contribution in [3.05, 3.63) is 65.2 Å². The van der Waals surface area contributed by atoms with E-state index >= 15 is 0 Å². The zero-order chi connectivity index (χ0) is 24.0. The van der Waals surface area contributed by atoms with Crippen LogP contribution >= 0.6 is 0 Å². The second kappa shape index (κ2) is 11.5. The van der Waals surface area contributed by atoms with Crippen LogP contribution in [0.25, 0.3) is 0 Å². The molecule has 184 valence electrons. The molecule has 1 unspecified atom stereocenters. The van der Waals surface area contributed by atoms with Gasteiger partial charge >= 0.3 is 0 Å². The molecule has 0 saturated carbocycles. The predicted octanol–water partition coefficient (Wildman–Crippen LogP) is 1.86. The molecule has 0 aliphatic carbocycles. The zero-order valence-electron chi connectivity index (χ0n) is 19.6. The van der Waals surface area contributed by atoms with Gasteiger partial charge in [0.1, 0.15) is 0 Å². The molecule has 2 saturated heterocycles. The number of Topliss-reactive ketones (excluding diaryl/α,β-unsaturated/α-hetero) is 1. The maximum Gasteiger partial charge on any atom is 0.243 e. The average molecular weight is 488 g/mol. The molecule has 1 atom stereocenters. The number of ether oxygens (including phenoxy) is 2. The minimum Gasteiger partial charge on any atom is -0.379 e. The van der Waals surface area contributed by atoms with Gasteiger partial charge in [-0.3, -0.25) is 9.69 Å². The van der Waals surface area contributed by atoms with Crippen molar-refractivity contribution in [2.24, 2.45) is 0 Å². The molecule has 2 heterocycles. The number of hydrogen-bond donors (Lipinski definition) is 1. The fraction of sp³-hybridized carbons (Fsp3) is 0.480. The monoisotopic (exact) mass is 487 g/mol. The van der Waals surface area contributed by atoms with E-state index in [0.29, 0.717) is 51.6 Å². The number of aryl methyl sites for hydroxylation is 1. The molecule has 0 amide bonds. The number of ketones is 1. The summed E-state index contributed by atoms with van der Waals surface area (Å²) in [5.74, 6) is -0.0695. The normalized spacial score (nSPS) is 19.1. The van der Waals surface area contributed by atoms with E-state index in [1.807, 2.05) is 0 Å². The van der Waals surface area contributed by atoms with Gasteiger partial charge in [0.2, 0.25) is 10.0 Å². The van der Waals surface area contributed by atoms with Gasteiger partial charge in [-0.25, -0.2) is 8.42 Å². The highest BCUT2D eigenvalue weighted by Crippen LogP contribution is 2.22. The number of rotatable bonds is 9. The summed E-state index contributed by atoms with van der Waals surface area (Å²) in [6.45, 7) is 7.51. The summed E-state index contributed by atoms with van der Waals surface area (Å²) in [6.07, 6.45) is 0. The number of morpholine rings is 2. The Morgan fingerprint density at radius 1 is 0.912 bits per heavy atom. The van der Waals surface area contributed by atoms with Crippen molar-refractivity contribution >= 4 is 15.8 Å². The van der Waals surface area contributed by atoms with E-state index in [1.165, 1.54) is 27.6 Å². The molecule has 2 fully saturated rings. The fourth-order valence-corrected chi connectivity index (χ4v) is 5.72. The Bertz CT molecular complexity index is 1040. The Morgan fingerprint density at radius 3 is 2.12 bits per heavy atom. The number of carbonyl (C=O) groups is 1. The molecule has 0 bridgehead atoms. The number of sulfonamides is 1. The summed E-state index contributed by atoms with van der Waals surface area (Å²) >= 11 is 0. The van der Waals surface area contributed by atoms with Crippen molar-refractivity contribution in [1.82, 2.24) is 14.5 Å². The van der Waals surface area contributed by atoms with Crippen LogP contribution in [0.3, 0.4) is 0 Å². The van der Waals surface area contributed by atoms with E-state index in [2.05, 4.69) is 41.4 Å². The van der Waals surface area contributed by atoms with Crippen molar-refractivity contribution in [1.29, 1.82) is 0 Å². The van der Waals surface area contributed by atoms with E-state index in [1.54, 1.807) is 12.1 Å². The van der Waals surface area contributed by atoms with Crippen molar-refractivity contribution in [2.75, 3.05) is 65.7 Å². The van der Waals surface area contributed by atoms with E-state index in [4.69, 9.17) is 9.47 Å². The summed E-state index contributed by atoms with van der Waals surface area (Å²) in [6, 6.07) is 14.9. The molecule has 1 N–H and O–H groups in total. The van der Waals surface area contributed by atoms with E-state index in [0.717, 1.165) is 13.1 Å². The lowest BCUT2D eigenvalue weighted by Gasteiger charge is -2.35. The quantitative estimate of drug-likeness (QED) is 0.540. The first kappa shape index (κ1) is 25.0. The lowest BCUT2D eigenvalue weighted by atomic mass is 10.0. The highest BCUT2D eigenvalue weighted by Gasteiger charge is 2.26. The van der Waals surface area contributed by atoms with Gasteiger partial charge in [0.15, 0.2) is 5.78 Å². The van der Waals surface area contributed by atoms with Crippen molar-refractivity contribution < 1.29 is 22.7 Å². The third-order valence-corrected chi connectivity index (χ3v) is 8.27. The second-order valence-corrected chi connectivity index (χ2v) is 10.6. The van der Waals surface area contributed by atoms with Gasteiger partial charge in [0, 0.05) is 44.3 Å². The molecule has 34 heavy (non-hydrogen) atoms.